The quantitative estimate of drug-likeness (QED) is 0.241. The van der Waals surface area contributed by atoms with Crippen LogP contribution < -0.4 is 20.7 Å². The molecule has 4 aromatic rings. The number of rotatable bonds is 10. The van der Waals surface area contributed by atoms with Gasteiger partial charge in [0.05, 0.1) is 25.1 Å². The van der Waals surface area contributed by atoms with E-state index in [4.69, 9.17) is 14.2 Å². The van der Waals surface area contributed by atoms with Crippen LogP contribution in [0.25, 0.3) is 0 Å². The molecule has 0 saturated carbocycles. The first-order chi connectivity index (χ1) is 19.9. The van der Waals surface area contributed by atoms with E-state index >= 15 is 0 Å². The number of benzene rings is 3. The summed E-state index contributed by atoms with van der Waals surface area (Å²) in [6, 6.07) is 26.9. The molecular formula is C32H34N2O5S2. The zero-order valence-electron chi connectivity index (χ0n) is 23.5. The summed E-state index contributed by atoms with van der Waals surface area (Å²) < 4.78 is 18.5. The largest absolute Gasteiger partial charge is 0.497 e. The van der Waals surface area contributed by atoms with Gasteiger partial charge in [-0.15, -0.1) is 11.8 Å². The van der Waals surface area contributed by atoms with Crippen LogP contribution in [0.5, 0.6) is 11.5 Å². The van der Waals surface area contributed by atoms with Crippen molar-refractivity contribution >= 4 is 23.5 Å². The number of nitrogens with one attached hydrogen (secondary N) is 1. The van der Waals surface area contributed by atoms with E-state index in [-0.39, 0.29) is 16.9 Å². The second kappa shape index (κ2) is 12.6. The predicted molar refractivity (Wildman–Crippen MR) is 167 cm³/mol. The molecule has 0 spiro atoms. The third-order valence-corrected chi connectivity index (χ3v) is 10.3. The van der Waals surface area contributed by atoms with Gasteiger partial charge in [-0.3, -0.25) is 14.3 Å². The summed E-state index contributed by atoms with van der Waals surface area (Å²) in [7, 11) is 3.34. The van der Waals surface area contributed by atoms with Crippen LogP contribution in [0, 0.1) is 6.92 Å². The lowest BCUT2D eigenvalue weighted by atomic mass is 9.84. The van der Waals surface area contributed by atoms with Crippen molar-refractivity contribution in [3.63, 3.8) is 0 Å². The van der Waals surface area contributed by atoms with E-state index in [1.54, 1.807) is 39.1 Å². The summed E-state index contributed by atoms with van der Waals surface area (Å²) in [5, 5.41) is 0.173. The minimum atomic E-state index is -0.560. The Morgan fingerprint density at radius 2 is 1.46 bits per heavy atom. The molecule has 9 heteroatoms. The molecule has 1 aromatic heterocycles. The zero-order chi connectivity index (χ0) is 29.0. The van der Waals surface area contributed by atoms with Crippen molar-refractivity contribution in [2.24, 2.45) is 0 Å². The second-order valence-electron chi connectivity index (χ2n) is 9.93. The SMILES string of the molecule is COc1ccc(C(SC[C@H]2O[C@@H](n3cc(C)c(=O)[nH]c3=O)C[C@@H]2SC)(c2ccccc2)c2ccc(OC)cc2)cc1. The molecule has 1 aliphatic heterocycles. The molecule has 0 radical (unpaired) electrons. The van der Waals surface area contributed by atoms with Gasteiger partial charge in [-0.25, -0.2) is 4.79 Å². The molecule has 0 aliphatic carbocycles. The van der Waals surface area contributed by atoms with Crippen LogP contribution in [0.3, 0.4) is 0 Å². The van der Waals surface area contributed by atoms with Crippen molar-refractivity contribution in [3.8, 4) is 11.5 Å². The van der Waals surface area contributed by atoms with Crippen molar-refractivity contribution in [1.82, 2.24) is 9.55 Å². The van der Waals surface area contributed by atoms with Crippen molar-refractivity contribution in [2.75, 3.05) is 26.2 Å². The highest BCUT2D eigenvalue weighted by molar-refractivity contribution is 8.01. The van der Waals surface area contributed by atoms with E-state index in [0.717, 1.165) is 28.2 Å². The molecule has 214 valence electrons. The molecule has 7 nitrogen and oxygen atoms in total. The Labute approximate surface area is 248 Å². The van der Waals surface area contributed by atoms with Crippen LogP contribution in [0.15, 0.2) is 94.6 Å². The molecule has 1 aliphatic rings. The molecule has 5 rings (SSSR count). The maximum atomic E-state index is 12.7. The summed E-state index contributed by atoms with van der Waals surface area (Å²) in [6.07, 6.45) is 3.77. The van der Waals surface area contributed by atoms with Crippen LogP contribution in [0.2, 0.25) is 0 Å². The number of methoxy groups -OCH3 is 2. The van der Waals surface area contributed by atoms with Crippen LogP contribution >= 0.6 is 23.5 Å². The Hall–Kier alpha value is -3.40. The number of thioether (sulfide) groups is 2. The van der Waals surface area contributed by atoms with Crippen LogP contribution in [0.4, 0.5) is 0 Å². The Bertz CT molecular complexity index is 1520. The van der Waals surface area contributed by atoms with E-state index < -0.39 is 16.7 Å². The van der Waals surface area contributed by atoms with Gasteiger partial charge in [-0.05, 0) is 54.1 Å². The summed E-state index contributed by atoms with van der Waals surface area (Å²) in [6.45, 7) is 1.70. The van der Waals surface area contributed by atoms with Crippen molar-refractivity contribution in [2.45, 2.75) is 35.7 Å². The molecule has 3 aromatic carbocycles. The van der Waals surface area contributed by atoms with Gasteiger partial charge >= 0.3 is 5.69 Å². The van der Waals surface area contributed by atoms with Crippen LogP contribution in [-0.2, 0) is 9.48 Å². The van der Waals surface area contributed by atoms with E-state index in [1.807, 2.05) is 42.1 Å². The van der Waals surface area contributed by atoms with E-state index in [0.29, 0.717) is 17.7 Å². The fraction of sp³-hybridized carbons (Fsp3) is 0.312. The predicted octanol–water partition coefficient (Wildman–Crippen LogP) is 5.61. The number of hydrogen-bond donors (Lipinski definition) is 1. The summed E-state index contributed by atoms with van der Waals surface area (Å²) in [5.74, 6) is 2.26. The number of nitrogens with zero attached hydrogens (tertiary/aromatic N) is 1. The Kier molecular flexibility index (Phi) is 8.97. The van der Waals surface area contributed by atoms with Gasteiger partial charge in [0.25, 0.3) is 5.56 Å². The molecule has 0 bridgehead atoms. The highest BCUT2D eigenvalue weighted by Crippen LogP contribution is 2.50. The van der Waals surface area contributed by atoms with Gasteiger partial charge in [0.1, 0.15) is 17.7 Å². The van der Waals surface area contributed by atoms with Crippen LogP contribution in [0.1, 0.15) is 34.9 Å². The van der Waals surface area contributed by atoms with Crippen molar-refractivity contribution in [1.29, 1.82) is 0 Å². The number of aryl methyl sites for hydroxylation is 1. The molecule has 0 amide bonds. The Morgan fingerprint density at radius 3 is 2.00 bits per heavy atom. The molecule has 1 saturated heterocycles. The van der Waals surface area contributed by atoms with Gasteiger partial charge < -0.3 is 14.2 Å². The highest BCUT2D eigenvalue weighted by Gasteiger charge is 2.42. The number of H-pyrrole nitrogens is 1. The number of hydrogen-bond acceptors (Lipinski definition) is 7. The van der Waals surface area contributed by atoms with E-state index in [1.165, 1.54) is 4.57 Å². The minimum absolute atomic E-state index is 0.126. The lowest BCUT2D eigenvalue weighted by Gasteiger charge is -2.36. The lowest BCUT2D eigenvalue weighted by molar-refractivity contribution is 0.0104. The van der Waals surface area contributed by atoms with Gasteiger partial charge in [0.15, 0.2) is 0 Å². The number of ether oxygens (including phenoxy) is 3. The summed E-state index contributed by atoms with van der Waals surface area (Å²) >= 11 is 3.55. The molecule has 0 unspecified atom stereocenters. The average molecular weight is 591 g/mol. The van der Waals surface area contributed by atoms with E-state index in [2.05, 4.69) is 59.8 Å². The average Bonchev–Trinajstić information content (AvgIpc) is 3.43. The Balaban J connectivity index is 1.55. The van der Waals surface area contributed by atoms with Gasteiger partial charge in [0.2, 0.25) is 0 Å². The van der Waals surface area contributed by atoms with Crippen molar-refractivity contribution in [3.05, 3.63) is 128 Å². The minimum Gasteiger partial charge on any atom is -0.497 e. The number of aromatic nitrogens is 2. The smallest absolute Gasteiger partial charge is 0.330 e. The summed E-state index contributed by atoms with van der Waals surface area (Å²) in [4.78, 5) is 27.0. The lowest BCUT2D eigenvalue weighted by Crippen LogP contribution is -2.33. The highest BCUT2D eigenvalue weighted by atomic mass is 32.2. The monoisotopic (exact) mass is 590 g/mol. The fourth-order valence-corrected chi connectivity index (χ4v) is 7.93. The molecule has 1 fully saturated rings. The van der Waals surface area contributed by atoms with Gasteiger partial charge in [-0.2, -0.15) is 11.8 Å². The topological polar surface area (TPSA) is 82.5 Å². The molecule has 3 atom stereocenters. The first-order valence-corrected chi connectivity index (χ1v) is 15.7. The standard InChI is InChI=1S/C32H34N2O5S2/c1-21-19-34(31(36)33-30(21)35)29-18-28(40-4)27(39-29)20-41-32(22-8-6-5-7-9-22,23-10-14-25(37-2)15-11-23)24-12-16-26(38-3)17-13-24/h5-17,19,27-29H,18,20H2,1-4H3,(H,33,35,36)/t27-,28+,29-/m1/s1. The second-order valence-corrected chi connectivity index (χ2v) is 12.2. The normalized spacial score (nSPS) is 18.8. The third kappa shape index (κ3) is 5.84. The Morgan fingerprint density at radius 1 is 0.902 bits per heavy atom. The van der Waals surface area contributed by atoms with Gasteiger partial charge in [-0.1, -0.05) is 54.6 Å². The first kappa shape index (κ1) is 29.1. The molecule has 41 heavy (non-hydrogen) atoms. The summed E-state index contributed by atoms with van der Waals surface area (Å²) in [5.41, 5.74) is 3.03. The molecule has 1 N–H and O–H groups in total. The molecule has 2 heterocycles. The van der Waals surface area contributed by atoms with Crippen molar-refractivity contribution < 1.29 is 14.2 Å². The van der Waals surface area contributed by atoms with Crippen LogP contribution in [-0.4, -0.2) is 47.1 Å². The maximum Gasteiger partial charge on any atom is 0.330 e. The first-order valence-electron chi connectivity index (χ1n) is 13.4. The molecular weight excluding hydrogens is 556 g/mol. The number of aromatic amines is 1. The van der Waals surface area contributed by atoms with E-state index in [9.17, 15) is 9.59 Å². The fourth-order valence-electron chi connectivity index (χ4n) is 5.35. The third-order valence-electron chi connectivity index (χ3n) is 7.58. The zero-order valence-corrected chi connectivity index (χ0v) is 25.2. The maximum absolute atomic E-state index is 12.7. The van der Waals surface area contributed by atoms with Gasteiger partial charge in [0, 0.05) is 29.2 Å².